The van der Waals surface area contributed by atoms with Gasteiger partial charge in [0.2, 0.25) is 0 Å². The van der Waals surface area contributed by atoms with Gasteiger partial charge in [-0.25, -0.2) is 14.4 Å². The minimum atomic E-state index is -4.12. The molecule has 0 spiro atoms. The first-order chi connectivity index (χ1) is 17.2. The van der Waals surface area contributed by atoms with Gasteiger partial charge >= 0.3 is 30.3 Å². The van der Waals surface area contributed by atoms with Gasteiger partial charge in [-0.2, -0.15) is 26.3 Å². The second kappa shape index (κ2) is 17.7. The molecule has 0 radical (unpaired) electrons. The Morgan fingerprint density at radius 3 is 1.23 bits per heavy atom. The van der Waals surface area contributed by atoms with Crippen LogP contribution in [0.3, 0.4) is 0 Å². The highest BCUT2D eigenvalue weighted by Gasteiger charge is 2.42. The van der Waals surface area contributed by atoms with E-state index in [1.165, 1.54) is 20.8 Å². The van der Waals surface area contributed by atoms with Crippen molar-refractivity contribution in [3.05, 3.63) is 36.5 Å². The van der Waals surface area contributed by atoms with E-state index in [2.05, 4.69) is 24.5 Å². The fourth-order valence-corrected chi connectivity index (χ4v) is 3.42. The van der Waals surface area contributed by atoms with E-state index in [4.69, 9.17) is 9.84 Å². The van der Waals surface area contributed by atoms with E-state index < -0.39 is 48.2 Å². The number of aliphatic hydroxyl groups excluding tert-OH is 1. The Morgan fingerprint density at radius 1 is 0.641 bits per heavy atom. The van der Waals surface area contributed by atoms with Gasteiger partial charge in [0.1, 0.15) is 6.10 Å². The van der Waals surface area contributed by atoms with Gasteiger partial charge in [-0.3, -0.25) is 0 Å². The Hall–Kier alpha value is -1.90. The molecule has 0 aliphatic heterocycles. The van der Waals surface area contributed by atoms with Crippen LogP contribution in [0.15, 0.2) is 36.5 Å². The molecule has 0 aromatic carbocycles. The lowest BCUT2D eigenvalue weighted by Gasteiger charge is -2.29. The zero-order chi connectivity index (χ0) is 29.8. The summed E-state index contributed by atoms with van der Waals surface area (Å²) in [5.74, 6) is -4.36. The van der Waals surface area contributed by atoms with Crippen molar-refractivity contribution in [3.63, 3.8) is 0 Å². The minimum Gasteiger partial charge on any atom is -1.00 e. The number of ether oxygens (including phenoxy) is 2. The van der Waals surface area contributed by atoms with E-state index in [9.17, 15) is 40.7 Å². The maximum absolute atomic E-state index is 12.3. The van der Waals surface area contributed by atoms with Crippen molar-refractivity contribution in [1.29, 1.82) is 0 Å². The molecule has 0 amide bonds. The van der Waals surface area contributed by atoms with Gasteiger partial charge < -0.3 is 38.6 Å². The molecule has 2 rings (SSSR count). The lowest BCUT2D eigenvalue weighted by atomic mass is 9.87. The Morgan fingerprint density at radius 2 is 0.949 bits per heavy atom. The Balaban J connectivity index is 0. The van der Waals surface area contributed by atoms with E-state index in [0.717, 1.165) is 0 Å². The number of hydrogen-bond donors (Lipinski definition) is 1. The van der Waals surface area contributed by atoms with Crippen molar-refractivity contribution < 1.29 is 79.3 Å². The summed E-state index contributed by atoms with van der Waals surface area (Å²) in [6, 6.07) is 0. The molecule has 0 atom stereocenters. The topological polar surface area (TPSA) is 89.9 Å². The lowest BCUT2D eigenvalue weighted by molar-refractivity contribution is -0.188. The summed E-state index contributed by atoms with van der Waals surface area (Å²) in [6.45, 7) is 14.5. The van der Waals surface area contributed by atoms with Gasteiger partial charge in [0, 0.05) is 16.7 Å². The van der Waals surface area contributed by atoms with E-state index in [-0.39, 0.29) is 85.3 Å². The summed E-state index contributed by atoms with van der Waals surface area (Å²) in [5.41, 5.74) is 0.664. The number of carbonyl (C=O) groups is 3. The highest BCUT2D eigenvalue weighted by atomic mass is 127. The molecule has 2 aliphatic carbocycles. The zero-order valence-electron chi connectivity index (χ0n) is 22.2. The van der Waals surface area contributed by atoms with Gasteiger partial charge in [0.15, 0.2) is 0 Å². The predicted molar refractivity (Wildman–Crippen MR) is 127 cm³/mol. The molecule has 0 aromatic rings. The highest BCUT2D eigenvalue weighted by molar-refractivity contribution is 6.00. The average molecular weight is 685 g/mol. The zero-order valence-corrected chi connectivity index (χ0v) is 24.4. The average Bonchev–Trinajstić information content (AvgIpc) is 2.79. The van der Waals surface area contributed by atoms with Crippen LogP contribution in [0.5, 0.6) is 0 Å². The van der Waals surface area contributed by atoms with E-state index in [1.807, 2.05) is 0 Å². The molecule has 2 aliphatic rings. The Kier molecular flexibility index (Phi) is 17.8. The van der Waals surface area contributed by atoms with Crippen molar-refractivity contribution in [2.75, 3.05) is 0 Å². The smallest absolute Gasteiger partial charge is 0.391 e. The van der Waals surface area contributed by atoms with Crippen molar-refractivity contribution >= 4 is 17.9 Å². The number of aliphatic hydroxyl groups is 1. The number of esters is 3. The van der Waals surface area contributed by atoms with Crippen LogP contribution in [0.2, 0.25) is 0 Å². The first kappa shape index (κ1) is 39.2. The maximum atomic E-state index is 12.3. The third-order valence-electron chi connectivity index (χ3n) is 5.80. The van der Waals surface area contributed by atoms with Crippen LogP contribution >= 0.6 is 0 Å². The molecule has 0 heterocycles. The summed E-state index contributed by atoms with van der Waals surface area (Å²) in [6.07, 6.45) is -7.66. The van der Waals surface area contributed by atoms with Gasteiger partial charge in [-0.05, 0) is 72.1 Å². The van der Waals surface area contributed by atoms with E-state index >= 15 is 0 Å². The predicted octanol–water partition coefficient (Wildman–Crippen LogP) is 3.54. The fourth-order valence-electron chi connectivity index (χ4n) is 3.42. The number of alkyl halides is 6. The van der Waals surface area contributed by atoms with Crippen LogP contribution in [0.25, 0.3) is 0 Å². The number of halogens is 7. The molecule has 2 fully saturated rings. The summed E-state index contributed by atoms with van der Waals surface area (Å²) >= 11 is 0. The van der Waals surface area contributed by atoms with Gasteiger partial charge in [0.05, 0.1) is 17.9 Å². The number of hydrogen-bond acceptors (Lipinski definition) is 6. The molecule has 0 unspecified atom stereocenters. The molecule has 2 saturated carbocycles. The van der Waals surface area contributed by atoms with Gasteiger partial charge in [-0.1, -0.05) is 19.7 Å². The van der Waals surface area contributed by atoms with Crippen LogP contribution in [0.4, 0.5) is 26.3 Å². The molecule has 1 N–H and O–H groups in total. The minimum absolute atomic E-state index is 0. The van der Waals surface area contributed by atoms with Gasteiger partial charge in [-0.15, -0.1) is 0 Å². The van der Waals surface area contributed by atoms with Crippen LogP contribution < -0.4 is 24.0 Å². The molecule has 226 valence electrons. The molecule has 13 heteroatoms. The fraction of sp³-hybridized carbons (Fsp3) is 0.654. The van der Waals surface area contributed by atoms with E-state index in [0.29, 0.717) is 12.8 Å². The summed E-state index contributed by atoms with van der Waals surface area (Å²) in [4.78, 5) is 32.5. The van der Waals surface area contributed by atoms with Crippen LogP contribution in [0, 0.1) is 11.8 Å². The van der Waals surface area contributed by atoms with Crippen molar-refractivity contribution in [1.82, 2.24) is 0 Å². The summed E-state index contributed by atoms with van der Waals surface area (Å²) in [5, 5.41) is 8.93. The normalized spacial score (nSPS) is 22.7. The van der Waals surface area contributed by atoms with Crippen molar-refractivity contribution in [2.45, 2.75) is 96.7 Å². The van der Waals surface area contributed by atoms with Crippen LogP contribution in [-0.4, -0.2) is 47.6 Å². The first-order valence-electron chi connectivity index (χ1n) is 12.0. The van der Waals surface area contributed by atoms with Gasteiger partial charge in [0.25, 0.3) is 0 Å². The standard InChI is InChI=1S/C11H15F3O2.C8H10O3.C7H11F3O.HI/c1-7(2)10(15)16-9-5-3-8(4-6-9)11(12,13)14;1-5(2)7(9)11-8(10)6(3)4;8-7(9,10)5-1-3-6(11)4-2-5;/h8-9H,1,3-6H2,2H3;1,3H2,2,4H3;5-6,11H,1-4H2;1H/p-1. The number of carbonyl (C=O) groups excluding carboxylic acids is 3. The second-order valence-corrected chi connectivity index (χ2v) is 9.49. The monoisotopic (exact) mass is 685 g/mol. The Labute approximate surface area is 241 Å². The third kappa shape index (κ3) is 16.7. The molecule has 6 nitrogen and oxygen atoms in total. The quantitative estimate of drug-likeness (QED) is 0.160. The largest absolute Gasteiger partial charge is 1.00 e. The van der Waals surface area contributed by atoms with E-state index in [1.54, 1.807) is 0 Å². The molecular weight excluding hydrogens is 649 g/mol. The SMILES string of the molecule is C=C(C)C(=O)OC(=O)C(=C)C.C=C(C)C(=O)OC1CCC(C(F)(F)F)CC1.OC1CCC(C(F)(F)F)CC1.[I-]. The summed E-state index contributed by atoms with van der Waals surface area (Å²) in [7, 11) is 0. The van der Waals surface area contributed by atoms with Crippen LogP contribution in [0.1, 0.15) is 72.1 Å². The molecule has 0 saturated heterocycles. The molecule has 39 heavy (non-hydrogen) atoms. The Bertz CT molecular complexity index is 828. The van der Waals surface area contributed by atoms with Crippen LogP contribution in [-0.2, 0) is 23.9 Å². The molecule has 0 aromatic heterocycles. The highest BCUT2D eigenvalue weighted by Crippen LogP contribution is 2.38. The first-order valence-corrected chi connectivity index (χ1v) is 12.0. The maximum Gasteiger partial charge on any atom is 0.391 e. The van der Waals surface area contributed by atoms with Crippen molar-refractivity contribution in [3.8, 4) is 0 Å². The molecular formula is C26H36F6IO6-. The second-order valence-electron chi connectivity index (χ2n) is 9.49. The third-order valence-corrected chi connectivity index (χ3v) is 5.80. The lowest BCUT2D eigenvalue weighted by Crippen LogP contribution is -3.00. The number of rotatable bonds is 4. The summed E-state index contributed by atoms with van der Waals surface area (Å²) < 4.78 is 82.3. The molecule has 0 bridgehead atoms. The van der Waals surface area contributed by atoms with Crippen molar-refractivity contribution in [2.24, 2.45) is 11.8 Å².